The minimum atomic E-state index is -3.45. The molecule has 38 heavy (non-hydrogen) atoms. The Balaban J connectivity index is 1.59. The maximum Gasteiger partial charge on any atom is 0.306 e. The van der Waals surface area contributed by atoms with Crippen LogP contribution in [-0.4, -0.2) is 58.7 Å². The highest BCUT2D eigenvalue weighted by Crippen LogP contribution is 2.32. The van der Waals surface area contributed by atoms with E-state index in [9.17, 15) is 27.5 Å². The number of carbonyl (C=O) groups excluding carboxylic acids is 1. The zero-order valence-corrected chi connectivity index (χ0v) is 21.6. The highest BCUT2D eigenvalue weighted by atomic mass is 32.2. The Hall–Kier alpha value is -4.13. The molecule has 1 amide bonds. The first kappa shape index (κ1) is 26.9. The maximum absolute atomic E-state index is 14.8. The molecule has 11 nitrogen and oxygen atoms in total. The molecule has 3 heterocycles. The molecular weight excluding hydrogens is 515 g/mol. The number of aliphatic carboxylic acids is 1. The first-order valence-electron chi connectivity index (χ1n) is 11.9. The molecule has 13 heteroatoms. The number of amides is 1. The maximum atomic E-state index is 14.8. The number of nitrogens with one attached hydrogen (secondary N) is 1. The lowest BCUT2D eigenvalue weighted by molar-refractivity contribution is -0.142. The van der Waals surface area contributed by atoms with Crippen molar-refractivity contribution in [3.05, 3.63) is 54.4 Å². The molecule has 0 saturated carbocycles. The summed E-state index contributed by atoms with van der Waals surface area (Å²) in [5.74, 6) is -2.96. The molecule has 0 bridgehead atoms. The van der Waals surface area contributed by atoms with E-state index in [2.05, 4.69) is 20.3 Å². The number of rotatable bonds is 7. The van der Waals surface area contributed by atoms with Gasteiger partial charge in [0.1, 0.15) is 5.69 Å². The van der Waals surface area contributed by atoms with E-state index >= 15 is 0 Å². The van der Waals surface area contributed by atoms with Crippen LogP contribution < -0.4 is 16.0 Å². The van der Waals surface area contributed by atoms with Crippen molar-refractivity contribution < 1.29 is 27.5 Å². The molecule has 200 valence electrons. The second kappa shape index (κ2) is 10.7. The molecule has 3 aromatic rings. The second-order valence-electron chi connectivity index (χ2n) is 9.18. The van der Waals surface area contributed by atoms with Gasteiger partial charge in [-0.05, 0) is 38.8 Å². The fraction of sp³-hybridized carbons (Fsp3) is 0.320. The summed E-state index contributed by atoms with van der Waals surface area (Å²) in [6.45, 7) is 3.77. The Morgan fingerprint density at radius 3 is 2.39 bits per heavy atom. The smallest absolute Gasteiger partial charge is 0.306 e. The molecule has 0 spiro atoms. The molecule has 4 rings (SSSR count). The largest absolute Gasteiger partial charge is 0.481 e. The van der Waals surface area contributed by atoms with Gasteiger partial charge in [0.15, 0.2) is 27.2 Å². The number of aromatic nitrogens is 3. The fourth-order valence-electron chi connectivity index (χ4n) is 4.16. The number of piperidine rings is 1. The van der Waals surface area contributed by atoms with E-state index in [1.807, 2.05) is 0 Å². The monoisotopic (exact) mass is 542 g/mol. The van der Waals surface area contributed by atoms with Crippen LogP contribution in [0.2, 0.25) is 0 Å². The predicted octanol–water partition coefficient (Wildman–Crippen LogP) is 3.00. The van der Waals surface area contributed by atoms with E-state index in [4.69, 9.17) is 5.73 Å². The zero-order valence-electron chi connectivity index (χ0n) is 20.8. The Bertz CT molecular complexity index is 1470. The topological polar surface area (TPSA) is 168 Å². The third-order valence-electron chi connectivity index (χ3n) is 6.40. The summed E-state index contributed by atoms with van der Waals surface area (Å²) < 4.78 is 39.6. The van der Waals surface area contributed by atoms with Crippen molar-refractivity contribution in [1.29, 1.82) is 0 Å². The first-order valence-corrected chi connectivity index (χ1v) is 13.4. The lowest BCUT2D eigenvalue weighted by Gasteiger charge is -2.33. The van der Waals surface area contributed by atoms with Gasteiger partial charge >= 0.3 is 5.97 Å². The van der Waals surface area contributed by atoms with Gasteiger partial charge in [0.25, 0.3) is 5.91 Å². The van der Waals surface area contributed by atoms with Gasteiger partial charge in [-0.1, -0.05) is 12.1 Å². The lowest BCUT2D eigenvalue weighted by Crippen LogP contribution is -2.37. The Morgan fingerprint density at radius 2 is 1.79 bits per heavy atom. The van der Waals surface area contributed by atoms with Crippen molar-refractivity contribution in [3.63, 3.8) is 0 Å². The van der Waals surface area contributed by atoms with Crippen LogP contribution >= 0.6 is 0 Å². The van der Waals surface area contributed by atoms with Crippen molar-refractivity contribution in [3.8, 4) is 11.3 Å². The average Bonchev–Trinajstić information content (AvgIpc) is 2.89. The molecule has 1 fully saturated rings. The summed E-state index contributed by atoms with van der Waals surface area (Å²) in [7, 11) is -3.45. The van der Waals surface area contributed by atoms with Crippen LogP contribution in [0.15, 0.2) is 47.8 Å². The predicted molar refractivity (Wildman–Crippen MR) is 139 cm³/mol. The molecule has 0 atom stereocenters. The quantitative estimate of drug-likeness (QED) is 0.403. The molecule has 1 aliphatic heterocycles. The van der Waals surface area contributed by atoms with Crippen LogP contribution in [0.3, 0.4) is 0 Å². The number of anilines is 3. The van der Waals surface area contributed by atoms with Gasteiger partial charge in [-0.2, -0.15) is 0 Å². The number of carbonyl (C=O) groups is 2. The van der Waals surface area contributed by atoms with Crippen molar-refractivity contribution in [1.82, 2.24) is 15.0 Å². The molecule has 1 saturated heterocycles. The summed E-state index contributed by atoms with van der Waals surface area (Å²) in [5.41, 5.74) is 6.70. The van der Waals surface area contributed by atoms with Crippen molar-refractivity contribution in [2.24, 2.45) is 5.92 Å². The number of sulfone groups is 1. The summed E-state index contributed by atoms with van der Waals surface area (Å²) in [6.07, 6.45) is 4.34. The Kier molecular flexibility index (Phi) is 7.58. The van der Waals surface area contributed by atoms with Gasteiger partial charge in [0.2, 0.25) is 0 Å². The van der Waals surface area contributed by atoms with Gasteiger partial charge in [-0.3, -0.25) is 14.6 Å². The van der Waals surface area contributed by atoms with E-state index in [0.717, 1.165) is 6.20 Å². The normalized spacial score (nSPS) is 14.5. The minimum absolute atomic E-state index is 0.0821. The number of nitrogens with two attached hydrogens (primary N) is 1. The number of nitrogen functional groups attached to an aromatic ring is 1. The number of pyridine rings is 1. The number of benzene rings is 1. The molecule has 2 aromatic heterocycles. The Labute approximate surface area is 218 Å². The third-order valence-corrected chi connectivity index (χ3v) is 8.57. The number of hydrogen-bond acceptors (Lipinski definition) is 9. The summed E-state index contributed by atoms with van der Waals surface area (Å²) in [4.78, 5) is 38.5. The van der Waals surface area contributed by atoms with Gasteiger partial charge in [-0.25, -0.2) is 22.8 Å². The standard InChI is InChI=1S/C25H27FN6O5S/c1-14(2)38(36,37)17-5-3-15(4-6-17)19-13-29-23(27)21(30-19)24(33)31-20-12-28-11-18(26)22(20)32-9-7-16(8-10-32)25(34)35/h3-6,11-14,16H,7-10H2,1-2H3,(H2,27,29)(H,31,33)(H,34,35). The molecule has 1 aliphatic rings. The van der Waals surface area contributed by atoms with E-state index in [1.165, 1.54) is 24.5 Å². The number of carboxylic acid groups (broad SMARTS) is 1. The van der Waals surface area contributed by atoms with Crippen molar-refractivity contribution >= 4 is 38.9 Å². The van der Waals surface area contributed by atoms with E-state index in [0.29, 0.717) is 31.5 Å². The van der Waals surface area contributed by atoms with Crippen LogP contribution in [0.5, 0.6) is 0 Å². The zero-order chi connectivity index (χ0) is 27.6. The van der Waals surface area contributed by atoms with Crippen LogP contribution in [-0.2, 0) is 14.6 Å². The van der Waals surface area contributed by atoms with E-state index in [1.54, 1.807) is 30.9 Å². The molecule has 4 N–H and O–H groups in total. The second-order valence-corrected chi connectivity index (χ2v) is 11.7. The Morgan fingerprint density at radius 1 is 1.13 bits per heavy atom. The lowest BCUT2D eigenvalue weighted by atomic mass is 9.96. The minimum Gasteiger partial charge on any atom is -0.481 e. The summed E-state index contributed by atoms with van der Waals surface area (Å²) in [6, 6.07) is 6.04. The third kappa shape index (κ3) is 5.42. The van der Waals surface area contributed by atoms with Crippen LogP contribution in [0.4, 0.5) is 21.6 Å². The van der Waals surface area contributed by atoms with Gasteiger partial charge in [0.05, 0.1) is 46.0 Å². The SMILES string of the molecule is CC(C)S(=O)(=O)c1ccc(-c2cnc(N)c(C(=O)Nc3cncc(F)c3N3CCC(C(=O)O)CC3)n2)cc1. The highest BCUT2D eigenvalue weighted by molar-refractivity contribution is 7.92. The van der Waals surface area contributed by atoms with Crippen LogP contribution in [0.1, 0.15) is 37.2 Å². The van der Waals surface area contributed by atoms with Crippen LogP contribution in [0.25, 0.3) is 11.3 Å². The van der Waals surface area contributed by atoms with Crippen molar-refractivity contribution in [2.75, 3.05) is 29.0 Å². The average molecular weight is 543 g/mol. The van der Waals surface area contributed by atoms with Crippen LogP contribution in [0, 0.1) is 11.7 Å². The molecular formula is C25H27FN6O5S. The molecule has 0 unspecified atom stereocenters. The molecule has 0 aliphatic carbocycles. The number of nitrogens with zero attached hydrogens (tertiary/aromatic N) is 4. The fourth-order valence-corrected chi connectivity index (χ4v) is 5.22. The number of carboxylic acids is 1. The number of halogens is 1. The molecule has 0 radical (unpaired) electrons. The summed E-state index contributed by atoms with van der Waals surface area (Å²) in [5, 5.41) is 11.3. The summed E-state index contributed by atoms with van der Waals surface area (Å²) >= 11 is 0. The van der Waals surface area contributed by atoms with Gasteiger partial charge < -0.3 is 21.1 Å². The first-order chi connectivity index (χ1) is 18.0. The van der Waals surface area contributed by atoms with Crippen molar-refractivity contribution in [2.45, 2.75) is 36.8 Å². The van der Waals surface area contributed by atoms with E-state index < -0.39 is 38.7 Å². The van der Waals surface area contributed by atoms with Gasteiger partial charge in [0, 0.05) is 18.7 Å². The van der Waals surface area contributed by atoms with E-state index in [-0.39, 0.29) is 33.5 Å². The highest BCUT2D eigenvalue weighted by Gasteiger charge is 2.28. The molecule has 1 aromatic carbocycles. The van der Waals surface area contributed by atoms with Gasteiger partial charge in [-0.15, -0.1) is 0 Å². The number of hydrogen-bond donors (Lipinski definition) is 3.